The Bertz CT molecular complexity index is 1030. The summed E-state index contributed by atoms with van der Waals surface area (Å²) >= 11 is 5.11. The van der Waals surface area contributed by atoms with Crippen LogP contribution in [-0.4, -0.2) is 23.5 Å². The van der Waals surface area contributed by atoms with E-state index >= 15 is 0 Å². The van der Waals surface area contributed by atoms with Gasteiger partial charge >= 0.3 is 0 Å². The van der Waals surface area contributed by atoms with Crippen LogP contribution in [0.3, 0.4) is 0 Å². The Morgan fingerprint density at radius 3 is 2.89 bits per heavy atom. The van der Waals surface area contributed by atoms with Gasteiger partial charge in [0, 0.05) is 40.8 Å². The standard InChI is InChI=1S/C22H20BrN3OS/c23-18-12-20(22(27)26-15(13-24)11-14-5-2-1-3-6-14)28-21(18)17-9-10-25-19-8-4-7-16(17)19/h1-7,9-10,12,15H,8,11,13,24H2,(H,26,27). The van der Waals surface area contributed by atoms with Gasteiger partial charge in [-0.25, -0.2) is 0 Å². The van der Waals surface area contributed by atoms with Gasteiger partial charge in [0.25, 0.3) is 5.91 Å². The van der Waals surface area contributed by atoms with Crippen molar-refractivity contribution in [3.8, 4) is 10.4 Å². The Hall–Kier alpha value is -2.28. The number of fused-ring (bicyclic) bond motifs is 1. The number of thiophene rings is 1. The molecule has 1 aliphatic carbocycles. The Balaban J connectivity index is 1.54. The van der Waals surface area contributed by atoms with Crippen LogP contribution in [0.5, 0.6) is 0 Å². The van der Waals surface area contributed by atoms with Gasteiger partial charge in [0.15, 0.2) is 0 Å². The number of allylic oxidation sites excluding steroid dienone is 1. The fraction of sp³-hybridized carbons (Fsp3) is 0.182. The summed E-state index contributed by atoms with van der Waals surface area (Å²) in [7, 11) is 0. The second-order valence-corrected chi connectivity index (χ2v) is 8.62. The number of nitrogens with zero attached hydrogens (tertiary/aromatic N) is 1. The van der Waals surface area contributed by atoms with Crippen LogP contribution >= 0.6 is 27.3 Å². The van der Waals surface area contributed by atoms with Gasteiger partial charge in [-0.1, -0.05) is 42.5 Å². The van der Waals surface area contributed by atoms with E-state index in [1.54, 1.807) is 0 Å². The van der Waals surface area contributed by atoms with E-state index in [-0.39, 0.29) is 11.9 Å². The average Bonchev–Trinajstić information content (AvgIpc) is 3.34. The van der Waals surface area contributed by atoms with Crippen LogP contribution in [0.2, 0.25) is 0 Å². The first-order chi connectivity index (χ1) is 13.7. The van der Waals surface area contributed by atoms with E-state index in [0.29, 0.717) is 17.8 Å². The number of carbonyl (C=O) groups is 1. The predicted octanol–water partition coefficient (Wildman–Crippen LogP) is 4.44. The topological polar surface area (TPSA) is 68.0 Å². The maximum absolute atomic E-state index is 12.8. The molecule has 4 rings (SSSR count). The highest BCUT2D eigenvalue weighted by atomic mass is 79.9. The molecule has 3 aromatic rings. The molecule has 1 aliphatic rings. The minimum Gasteiger partial charge on any atom is -0.347 e. The summed E-state index contributed by atoms with van der Waals surface area (Å²) in [4.78, 5) is 19.0. The highest BCUT2D eigenvalue weighted by molar-refractivity contribution is 9.10. The van der Waals surface area contributed by atoms with Crippen LogP contribution in [0.1, 0.15) is 26.5 Å². The van der Waals surface area contributed by atoms with E-state index in [9.17, 15) is 4.79 Å². The number of hydrogen-bond donors (Lipinski definition) is 2. The van der Waals surface area contributed by atoms with Crippen LogP contribution in [0.15, 0.2) is 59.2 Å². The van der Waals surface area contributed by atoms with E-state index in [1.165, 1.54) is 11.3 Å². The first-order valence-electron chi connectivity index (χ1n) is 9.14. The summed E-state index contributed by atoms with van der Waals surface area (Å²) in [5.41, 5.74) is 10.4. The number of aromatic nitrogens is 1. The van der Waals surface area contributed by atoms with E-state index in [1.807, 2.05) is 48.7 Å². The number of benzene rings is 1. The molecule has 1 aromatic carbocycles. The quantitative estimate of drug-likeness (QED) is 0.579. The van der Waals surface area contributed by atoms with Crippen molar-refractivity contribution in [3.05, 3.63) is 80.9 Å². The molecule has 4 nitrogen and oxygen atoms in total. The van der Waals surface area contributed by atoms with Gasteiger partial charge in [-0.2, -0.15) is 0 Å². The number of halogens is 1. The van der Waals surface area contributed by atoms with Crippen molar-refractivity contribution in [1.29, 1.82) is 0 Å². The molecule has 0 saturated carbocycles. The molecule has 2 heterocycles. The van der Waals surface area contributed by atoms with Gasteiger partial charge in [0.05, 0.1) is 15.4 Å². The van der Waals surface area contributed by atoms with Crippen LogP contribution in [-0.2, 0) is 12.8 Å². The Morgan fingerprint density at radius 2 is 2.11 bits per heavy atom. The molecule has 1 unspecified atom stereocenters. The van der Waals surface area contributed by atoms with Crippen molar-refractivity contribution < 1.29 is 4.79 Å². The molecule has 142 valence electrons. The maximum atomic E-state index is 12.8. The third kappa shape index (κ3) is 3.94. The number of nitrogens with one attached hydrogen (secondary N) is 1. The summed E-state index contributed by atoms with van der Waals surface area (Å²) in [5.74, 6) is -0.0930. The van der Waals surface area contributed by atoms with Crippen LogP contribution in [0, 0.1) is 0 Å². The lowest BCUT2D eigenvalue weighted by Gasteiger charge is -2.16. The van der Waals surface area contributed by atoms with Crippen molar-refractivity contribution in [2.24, 2.45) is 5.73 Å². The number of carbonyl (C=O) groups excluding carboxylic acids is 1. The van der Waals surface area contributed by atoms with Gasteiger partial charge in [-0.15, -0.1) is 11.3 Å². The first kappa shape index (κ1) is 19.1. The number of nitrogens with two attached hydrogens (primary N) is 1. The molecule has 3 N–H and O–H groups in total. The summed E-state index contributed by atoms with van der Waals surface area (Å²) < 4.78 is 0.920. The van der Waals surface area contributed by atoms with Crippen molar-refractivity contribution in [2.45, 2.75) is 18.9 Å². The SMILES string of the molecule is NCC(Cc1ccccc1)NC(=O)c1cc(Br)c(-c2ccnc3c2C=CC3)s1. The monoisotopic (exact) mass is 453 g/mol. The lowest BCUT2D eigenvalue weighted by Crippen LogP contribution is -2.41. The van der Waals surface area contributed by atoms with Crippen molar-refractivity contribution in [3.63, 3.8) is 0 Å². The zero-order valence-corrected chi connectivity index (χ0v) is 17.6. The Kier molecular flexibility index (Phi) is 5.71. The molecule has 28 heavy (non-hydrogen) atoms. The smallest absolute Gasteiger partial charge is 0.261 e. The molecule has 0 aliphatic heterocycles. The fourth-order valence-corrected chi connectivity index (χ4v) is 5.19. The summed E-state index contributed by atoms with van der Waals surface area (Å²) in [6, 6.07) is 13.9. The van der Waals surface area contributed by atoms with Gasteiger partial charge in [-0.3, -0.25) is 9.78 Å². The first-order valence-corrected chi connectivity index (χ1v) is 10.8. The van der Waals surface area contributed by atoms with Crippen LogP contribution in [0.25, 0.3) is 16.5 Å². The number of rotatable bonds is 6. The van der Waals surface area contributed by atoms with Gasteiger partial charge in [-0.05, 0) is 40.0 Å². The molecular weight excluding hydrogens is 434 g/mol. The molecule has 2 aromatic heterocycles. The van der Waals surface area contributed by atoms with Crippen LogP contribution in [0.4, 0.5) is 0 Å². The Morgan fingerprint density at radius 1 is 1.29 bits per heavy atom. The predicted molar refractivity (Wildman–Crippen MR) is 118 cm³/mol. The van der Waals surface area contributed by atoms with E-state index in [2.05, 4.69) is 38.4 Å². The molecule has 6 heteroatoms. The lowest BCUT2D eigenvalue weighted by atomic mass is 10.1. The average molecular weight is 454 g/mol. The van der Waals surface area contributed by atoms with Crippen molar-refractivity contribution in [2.75, 3.05) is 6.54 Å². The molecule has 1 atom stereocenters. The summed E-state index contributed by atoms with van der Waals surface area (Å²) in [6.07, 6.45) is 7.62. The molecule has 0 fully saturated rings. The van der Waals surface area contributed by atoms with Gasteiger partial charge in [0.1, 0.15) is 0 Å². The highest BCUT2D eigenvalue weighted by Gasteiger charge is 2.20. The molecule has 1 amide bonds. The molecule has 0 radical (unpaired) electrons. The van der Waals surface area contributed by atoms with E-state index in [0.717, 1.165) is 38.2 Å². The second kappa shape index (κ2) is 8.39. The number of amides is 1. The molecule has 0 spiro atoms. The van der Waals surface area contributed by atoms with Crippen LogP contribution < -0.4 is 11.1 Å². The number of hydrogen-bond acceptors (Lipinski definition) is 4. The minimum absolute atomic E-state index is 0.0930. The third-order valence-corrected chi connectivity index (χ3v) is 6.82. The molecule has 0 bridgehead atoms. The second-order valence-electron chi connectivity index (χ2n) is 6.71. The zero-order chi connectivity index (χ0) is 19.5. The van der Waals surface area contributed by atoms with Crippen molar-refractivity contribution in [1.82, 2.24) is 10.3 Å². The van der Waals surface area contributed by atoms with Gasteiger partial charge < -0.3 is 11.1 Å². The largest absolute Gasteiger partial charge is 0.347 e. The minimum atomic E-state index is -0.104. The highest BCUT2D eigenvalue weighted by Crippen LogP contribution is 2.40. The summed E-state index contributed by atoms with van der Waals surface area (Å²) in [5, 5.41) is 3.08. The molecular formula is C22H20BrN3OS. The van der Waals surface area contributed by atoms with E-state index in [4.69, 9.17) is 5.73 Å². The van der Waals surface area contributed by atoms with E-state index < -0.39 is 0 Å². The molecule has 0 saturated heterocycles. The summed E-state index contributed by atoms with van der Waals surface area (Å²) in [6.45, 7) is 0.392. The lowest BCUT2D eigenvalue weighted by molar-refractivity contribution is 0.0942. The number of pyridine rings is 1. The normalized spacial score (nSPS) is 13.4. The maximum Gasteiger partial charge on any atom is 0.261 e. The van der Waals surface area contributed by atoms with Gasteiger partial charge in [0.2, 0.25) is 0 Å². The fourth-order valence-electron chi connectivity index (χ4n) is 3.36. The third-order valence-electron chi connectivity index (χ3n) is 4.77. The Labute approximate surface area is 176 Å². The zero-order valence-electron chi connectivity index (χ0n) is 15.2. The van der Waals surface area contributed by atoms with Crippen molar-refractivity contribution >= 4 is 39.2 Å².